The summed E-state index contributed by atoms with van der Waals surface area (Å²) in [7, 11) is 0. The highest BCUT2D eigenvalue weighted by Gasteiger charge is 2.23. The summed E-state index contributed by atoms with van der Waals surface area (Å²) in [4.78, 5) is 2.59. The molecule has 0 saturated carbocycles. The standard InChI is InChI=1S/C17H32N4/c1-6-10-20-11-8-16(9-12-20)18-13(3)17-14(4)19-21(7-2)15(17)5/h13,16,18H,6-12H2,1-5H3. The zero-order chi connectivity index (χ0) is 15.4. The summed E-state index contributed by atoms with van der Waals surface area (Å²) in [5.41, 5.74) is 3.89. The van der Waals surface area contributed by atoms with Gasteiger partial charge in [0.1, 0.15) is 0 Å². The minimum Gasteiger partial charge on any atom is -0.307 e. The van der Waals surface area contributed by atoms with E-state index >= 15 is 0 Å². The van der Waals surface area contributed by atoms with Crippen molar-refractivity contribution in [2.75, 3.05) is 19.6 Å². The zero-order valence-electron chi connectivity index (χ0n) is 14.4. The lowest BCUT2D eigenvalue weighted by atomic mass is 10.0. The lowest BCUT2D eigenvalue weighted by Gasteiger charge is -2.33. The van der Waals surface area contributed by atoms with Crippen LogP contribution in [0.3, 0.4) is 0 Å². The monoisotopic (exact) mass is 292 g/mol. The van der Waals surface area contributed by atoms with Crippen LogP contribution in [0, 0.1) is 13.8 Å². The third-order valence-electron chi connectivity index (χ3n) is 4.78. The predicted octanol–water partition coefficient (Wildman–Crippen LogP) is 3.04. The van der Waals surface area contributed by atoms with Crippen LogP contribution in [0.5, 0.6) is 0 Å². The van der Waals surface area contributed by atoms with Gasteiger partial charge in [0.25, 0.3) is 0 Å². The number of hydrogen-bond donors (Lipinski definition) is 1. The second-order valence-electron chi connectivity index (χ2n) is 6.40. The van der Waals surface area contributed by atoms with Crippen molar-refractivity contribution in [1.82, 2.24) is 20.0 Å². The highest BCUT2D eigenvalue weighted by molar-refractivity contribution is 5.27. The van der Waals surface area contributed by atoms with E-state index in [0.717, 1.165) is 6.54 Å². The molecule has 1 saturated heterocycles. The van der Waals surface area contributed by atoms with Gasteiger partial charge in [-0.15, -0.1) is 0 Å². The van der Waals surface area contributed by atoms with E-state index in [1.54, 1.807) is 0 Å². The molecule has 0 bridgehead atoms. The molecule has 1 atom stereocenters. The number of nitrogens with zero attached hydrogens (tertiary/aromatic N) is 3. The summed E-state index contributed by atoms with van der Waals surface area (Å²) in [5.74, 6) is 0. The summed E-state index contributed by atoms with van der Waals surface area (Å²) in [6, 6.07) is 1.05. The Hall–Kier alpha value is -0.870. The Bertz CT molecular complexity index is 444. The highest BCUT2D eigenvalue weighted by atomic mass is 15.3. The lowest BCUT2D eigenvalue weighted by Crippen LogP contribution is -2.43. The van der Waals surface area contributed by atoms with Gasteiger partial charge in [0.05, 0.1) is 5.69 Å². The van der Waals surface area contributed by atoms with Gasteiger partial charge in [0.15, 0.2) is 0 Å². The first-order valence-corrected chi connectivity index (χ1v) is 8.59. The summed E-state index contributed by atoms with van der Waals surface area (Å²) in [5, 5.41) is 8.48. The molecule has 1 aromatic heterocycles. The van der Waals surface area contributed by atoms with Crippen molar-refractivity contribution < 1.29 is 0 Å². The number of aromatic nitrogens is 2. The predicted molar refractivity (Wildman–Crippen MR) is 88.7 cm³/mol. The first kappa shape index (κ1) is 16.5. The number of likely N-dealkylation sites (tertiary alicyclic amines) is 1. The largest absolute Gasteiger partial charge is 0.307 e. The second-order valence-corrected chi connectivity index (χ2v) is 6.40. The fourth-order valence-corrected chi connectivity index (χ4v) is 3.72. The molecule has 1 unspecified atom stereocenters. The normalized spacial score (nSPS) is 19.1. The third-order valence-corrected chi connectivity index (χ3v) is 4.78. The van der Waals surface area contributed by atoms with Crippen LogP contribution in [-0.4, -0.2) is 40.4 Å². The van der Waals surface area contributed by atoms with Gasteiger partial charge in [-0.2, -0.15) is 5.10 Å². The Morgan fingerprint density at radius 1 is 1.24 bits per heavy atom. The van der Waals surface area contributed by atoms with E-state index in [1.807, 2.05) is 0 Å². The van der Waals surface area contributed by atoms with Gasteiger partial charge in [-0.05, 0) is 66.6 Å². The number of nitrogens with one attached hydrogen (secondary N) is 1. The smallest absolute Gasteiger partial charge is 0.0644 e. The second kappa shape index (κ2) is 7.41. The first-order chi connectivity index (χ1) is 10.1. The Kier molecular flexibility index (Phi) is 5.82. The van der Waals surface area contributed by atoms with Gasteiger partial charge in [-0.3, -0.25) is 4.68 Å². The first-order valence-electron chi connectivity index (χ1n) is 8.59. The van der Waals surface area contributed by atoms with E-state index < -0.39 is 0 Å². The fraction of sp³-hybridized carbons (Fsp3) is 0.824. The van der Waals surface area contributed by atoms with E-state index in [0.29, 0.717) is 12.1 Å². The maximum absolute atomic E-state index is 4.65. The van der Waals surface area contributed by atoms with Gasteiger partial charge in [0, 0.05) is 29.9 Å². The van der Waals surface area contributed by atoms with Crippen molar-refractivity contribution in [3.05, 3.63) is 17.0 Å². The molecular formula is C17H32N4. The molecule has 1 aromatic rings. The van der Waals surface area contributed by atoms with Crippen LogP contribution in [0.25, 0.3) is 0 Å². The summed E-state index contributed by atoms with van der Waals surface area (Å²) >= 11 is 0. The quantitative estimate of drug-likeness (QED) is 0.875. The van der Waals surface area contributed by atoms with Crippen LogP contribution in [0.1, 0.15) is 63.0 Å². The molecule has 1 aliphatic rings. The van der Waals surface area contributed by atoms with Crippen molar-refractivity contribution in [3.8, 4) is 0 Å². The minimum absolute atomic E-state index is 0.396. The molecule has 0 aliphatic carbocycles. The van der Waals surface area contributed by atoms with Crippen molar-refractivity contribution in [3.63, 3.8) is 0 Å². The Labute approximate surface area is 129 Å². The average molecular weight is 292 g/mol. The highest BCUT2D eigenvalue weighted by Crippen LogP contribution is 2.23. The van der Waals surface area contributed by atoms with E-state index in [4.69, 9.17) is 0 Å². The van der Waals surface area contributed by atoms with Crippen molar-refractivity contribution in [2.45, 2.75) is 72.5 Å². The van der Waals surface area contributed by atoms with Crippen molar-refractivity contribution in [2.24, 2.45) is 0 Å². The van der Waals surface area contributed by atoms with Gasteiger partial charge in [-0.1, -0.05) is 6.92 Å². The average Bonchev–Trinajstić information content (AvgIpc) is 2.75. The molecule has 2 rings (SSSR count). The van der Waals surface area contributed by atoms with Gasteiger partial charge < -0.3 is 10.2 Å². The van der Waals surface area contributed by atoms with Crippen LogP contribution in [0.2, 0.25) is 0 Å². The molecule has 0 radical (unpaired) electrons. The molecule has 4 heteroatoms. The van der Waals surface area contributed by atoms with Gasteiger partial charge >= 0.3 is 0 Å². The maximum Gasteiger partial charge on any atom is 0.0644 e. The molecule has 0 amide bonds. The molecule has 21 heavy (non-hydrogen) atoms. The van der Waals surface area contributed by atoms with Crippen molar-refractivity contribution in [1.29, 1.82) is 0 Å². The number of hydrogen-bond acceptors (Lipinski definition) is 3. The van der Waals surface area contributed by atoms with E-state index in [1.165, 1.54) is 55.8 Å². The zero-order valence-corrected chi connectivity index (χ0v) is 14.4. The molecule has 0 spiro atoms. The third kappa shape index (κ3) is 3.86. The maximum atomic E-state index is 4.65. The molecule has 1 N–H and O–H groups in total. The molecule has 0 aromatic carbocycles. The fourth-order valence-electron chi connectivity index (χ4n) is 3.72. The van der Waals surface area contributed by atoms with E-state index in [2.05, 4.69) is 54.6 Å². The Morgan fingerprint density at radius 3 is 2.43 bits per heavy atom. The summed E-state index contributed by atoms with van der Waals surface area (Å²) < 4.78 is 2.12. The molecule has 120 valence electrons. The van der Waals surface area contributed by atoms with Crippen LogP contribution >= 0.6 is 0 Å². The molecular weight excluding hydrogens is 260 g/mol. The summed E-state index contributed by atoms with van der Waals surface area (Å²) in [6.45, 7) is 15.7. The Balaban J connectivity index is 1.93. The van der Waals surface area contributed by atoms with Crippen LogP contribution in [0.15, 0.2) is 0 Å². The molecule has 1 aliphatic heterocycles. The van der Waals surface area contributed by atoms with E-state index in [-0.39, 0.29) is 0 Å². The molecule has 2 heterocycles. The van der Waals surface area contributed by atoms with Gasteiger partial charge in [0.2, 0.25) is 0 Å². The van der Waals surface area contributed by atoms with Crippen LogP contribution < -0.4 is 5.32 Å². The van der Waals surface area contributed by atoms with E-state index in [9.17, 15) is 0 Å². The summed E-state index contributed by atoms with van der Waals surface area (Å²) in [6.07, 6.45) is 3.80. The number of piperidine rings is 1. The molecule has 1 fully saturated rings. The van der Waals surface area contributed by atoms with Crippen LogP contribution in [0.4, 0.5) is 0 Å². The van der Waals surface area contributed by atoms with Gasteiger partial charge in [-0.25, -0.2) is 0 Å². The lowest BCUT2D eigenvalue weighted by molar-refractivity contribution is 0.192. The SMILES string of the molecule is CCCN1CCC(NC(C)c2c(C)nn(CC)c2C)CC1. The topological polar surface area (TPSA) is 33.1 Å². The molecule has 4 nitrogen and oxygen atoms in total. The van der Waals surface area contributed by atoms with Crippen molar-refractivity contribution >= 4 is 0 Å². The number of rotatable bonds is 6. The van der Waals surface area contributed by atoms with Crippen LogP contribution in [-0.2, 0) is 6.54 Å². The Morgan fingerprint density at radius 2 is 1.90 bits per heavy atom. The minimum atomic E-state index is 0.396. The number of aryl methyl sites for hydroxylation is 2.